The largest absolute Gasteiger partial charge is 0.497 e. The SMILES string of the molecule is COc1ccc(C(c2ccccc2)(c2ccc(OC)cc2)C(O)[C@H]2O[C@@H](n3cnc4c3NC=NC4(N)Cl)[C@H](O)[C@@H]2O)cc1. The molecule has 4 aromatic rings. The first-order valence-electron chi connectivity index (χ1n) is 13.6. The molecule has 0 amide bonds. The molecule has 1 saturated heterocycles. The van der Waals surface area contributed by atoms with Gasteiger partial charge in [-0.05, 0) is 41.0 Å². The number of hydrogen-bond donors (Lipinski definition) is 5. The highest BCUT2D eigenvalue weighted by atomic mass is 35.5. The van der Waals surface area contributed by atoms with Crippen molar-refractivity contribution in [2.24, 2.45) is 10.7 Å². The van der Waals surface area contributed by atoms with Crippen LogP contribution in [-0.4, -0.2) is 69.8 Å². The predicted octanol–water partition coefficient (Wildman–Crippen LogP) is 2.68. The highest BCUT2D eigenvalue weighted by Gasteiger charge is 2.55. The van der Waals surface area contributed by atoms with E-state index in [4.69, 9.17) is 31.5 Å². The van der Waals surface area contributed by atoms with Gasteiger partial charge in [0.15, 0.2) is 6.23 Å². The van der Waals surface area contributed by atoms with Gasteiger partial charge in [-0.15, -0.1) is 0 Å². The molecule has 6 rings (SSSR count). The number of aromatic nitrogens is 2. The van der Waals surface area contributed by atoms with Gasteiger partial charge in [0.25, 0.3) is 0 Å². The lowest BCUT2D eigenvalue weighted by molar-refractivity contribution is -0.0976. The van der Waals surface area contributed by atoms with Gasteiger partial charge in [0.05, 0.1) is 32.3 Å². The lowest BCUT2D eigenvalue weighted by atomic mass is 9.64. The van der Waals surface area contributed by atoms with Crippen LogP contribution in [0.5, 0.6) is 11.5 Å². The number of hydrogen-bond acceptors (Lipinski definition) is 10. The minimum absolute atomic E-state index is 0.223. The van der Waals surface area contributed by atoms with Crippen LogP contribution in [-0.2, 0) is 15.3 Å². The third kappa shape index (κ3) is 4.74. The summed E-state index contributed by atoms with van der Waals surface area (Å²) in [6.07, 6.45) is -4.04. The van der Waals surface area contributed by atoms with Crippen LogP contribution in [0.25, 0.3) is 0 Å². The van der Waals surface area contributed by atoms with E-state index >= 15 is 0 Å². The third-order valence-electron chi connectivity index (χ3n) is 8.20. The van der Waals surface area contributed by atoms with Crippen LogP contribution in [0.1, 0.15) is 28.6 Å². The average Bonchev–Trinajstić information content (AvgIpc) is 3.60. The Bertz CT molecular complexity index is 1550. The van der Waals surface area contributed by atoms with Crippen LogP contribution in [0.2, 0.25) is 0 Å². The van der Waals surface area contributed by atoms with Gasteiger partial charge >= 0.3 is 0 Å². The molecule has 1 fully saturated rings. The molecule has 12 heteroatoms. The summed E-state index contributed by atoms with van der Waals surface area (Å²) in [5.74, 6) is 1.62. The molecule has 6 N–H and O–H groups in total. The molecule has 3 aromatic carbocycles. The summed E-state index contributed by atoms with van der Waals surface area (Å²) < 4.78 is 18.6. The molecule has 2 aliphatic heterocycles. The number of ether oxygens (including phenoxy) is 3. The molecule has 11 nitrogen and oxygen atoms in total. The zero-order valence-corrected chi connectivity index (χ0v) is 24.2. The highest BCUT2D eigenvalue weighted by Crippen LogP contribution is 2.48. The van der Waals surface area contributed by atoms with Crippen molar-refractivity contribution >= 4 is 23.8 Å². The van der Waals surface area contributed by atoms with Crippen molar-refractivity contribution in [2.45, 2.75) is 41.2 Å². The standard InChI is InChI=1S/C31H32ClN5O6/c1-41-21-12-8-19(9-13-21)30(18-6-4-3-5-7-18,20-10-14-22(42-2)15-11-20)27(40)25-23(38)24(39)29(43-25)37-17-35-26-28(37)34-16-36-31(26,32)33/h3-17,23-25,27,29,38-40H,33H2,1-2H3,(H,34,36)/t23-,24+,25-,27?,29+,31?/m0/s1. The summed E-state index contributed by atoms with van der Waals surface area (Å²) in [4.78, 5) is 8.28. The van der Waals surface area contributed by atoms with Crippen molar-refractivity contribution in [3.8, 4) is 11.5 Å². The minimum Gasteiger partial charge on any atom is -0.497 e. The van der Waals surface area contributed by atoms with Gasteiger partial charge in [-0.2, -0.15) is 0 Å². The van der Waals surface area contributed by atoms with Gasteiger partial charge in [0.2, 0.25) is 5.12 Å². The quantitative estimate of drug-likeness (QED) is 0.116. The van der Waals surface area contributed by atoms with Gasteiger partial charge in [-0.1, -0.05) is 66.2 Å². The van der Waals surface area contributed by atoms with Gasteiger partial charge in [0, 0.05) is 0 Å². The Morgan fingerprint density at radius 2 is 1.49 bits per heavy atom. The molecule has 2 unspecified atom stereocenters. The molecule has 1 aromatic heterocycles. The topological polar surface area (TPSA) is 157 Å². The smallest absolute Gasteiger partial charge is 0.232 e. The number of rotatable bonds is 8. The van der Waals surface area contributed by atoms with E-state index in [9.17, 15) is 15.3 Å². The van der Waals surface area contributed by atoms with Crippen LogP contribution >= 0.6 is 11.6 Å². The van der Waals surface area contributed by atoms with E-state index in [1.165, 1.54) is 17.2 Å². The highest BCUT2D eigenvalue weighted by molar-refractivity contribution is 6.24. The number of halogens is 1. The van der Waals surface area contributed by atoms with Crippen LogP contribution in [0.3, 0.4) is 0 Å². The fraction of sp³-hybridized carbons (Fsp3) is 0.290. The van der Waals surface area contributed by atoms with Crippen LogP contribution in [0, 0.1) is 0 Å². The van der Waals surface area contributed by atoms with Crippen molar-refractivity contribution in [2.75, 3.05) is 19.5 Å². The van der Waals surface area contributed by atoms with Crippen molar-refractivity contribution in [1.29, 1.82) is 0 Å². The van der Waals surface area contributed by atoms with Crippen LogP contribution in [0.15, 0.2) is 90.2 Å². The second-order valence-electron chi connectivity index (χ2n) is 10.5. The zero-order valence-electron chi connectivity index (χ0n) is 23.4. The molecule has 43 heavy (non-hydrogen) atoms. The second-order valence-corrected chi connectivity index (χ2v) is 11.0. The fourth-order valence-corrected chi connectivity index (χ4v) is 6.23. The fourth-order valence-electron chi connectivity index (χ4n) is 6.05. The van der Waals surface area contributed by atoms with E-state index in [2.05, 4.69) is 15.3 Å². The van der Waals surface area contributed by atoms with E-state index in [1.807, 2.05) is 78.9 Å². The Kier molecular flexibility index (Phi) is 7.63. The zero-order chi connectivity index (χ0) is 30.4. The number of nitrogens with two attached hydrogens (primary N) is 1. The lowest BCUT2D eigenvalue weighted by Crippen LogP contribution is -2.52. The first-order chi connectivity index (χ1) is 20.7. The van der Waals surface area contributed by atoms with E-state index in [0.717, 1.165) is 5.56 Å². The Morgan fingerprint density at radius 1 is 0.930 bits per heavy atom. The lowest BCUT2D eigenvalue weighted by Gasteiger charge is -2.42. The number of imidazole rings is 1. The Balaban J connectivity index is 1.49. The van der Waals surface area contributed by atoms with Crippen molar-refractivity contribution < 1.29 is 29.5 Å². The van der Waals surface area contributed by atoms with Gasteiger partial charge in [-0.3, -0.25) is 10.3 Å². The number of anilines is 1. The van der Waals surface area contributed by atoms with Crippen LogP contribution in [0.4, 0.5) is 5.82 Å². The Labute approximate surface area is 253 Å². The molecule has 0 radical (unpaired) electrons. The Morgan fingerprint density at radius 3 is 2.05 bits per heavy atom. The number of fused-ring (bicyclic) bond motifs is 1. The number of aliphatic hydroxyl groups is 3. The normalized spacial score (nSPS) is 25.6. The number of methoxy groups -OCH3 is 2. The molecule has 0 spiro atoms. The number of benzene rings is 3. The van der Waals surface area contributed by atoms with Gasteiger partial charge in [0.1, 0.15) is 47.4 Å². The van der Waals surface area contributed by atoms with Crippen molar-refractivity contribution in [3.63, 3.8) is 0 Å². The van der Waals surface area contributed by atoms with Crippen LogP contribution < -0.4 is 20.5 Å². The summed E-state index contributed by atoms with van der Waals surface area (Å²) in [5, 5.41) is 36.6. The molecule has 224 valence electrons. The molecule has 6 atom stereocenters. The molecule has 0 saturated carbocycles. The van der Waals surface area contributed by atoms with E-state index in [0.29, 0.717) is 28.4 Å². The third-order valence-corrected chi connectivity index (χ3v) is 8.48. The van der Waals surface area contributed by atoms with Crippen molar-refractivity contribution in [3.05, 3.63) is 108 Å². The van der Waals surface area contributed by atoms with E-state index in [-0.39, 0.29) is 5.69 Å². The summed E-state index contributed by atoms with van der Waals surface area (Å²) in [6.45, 7) is 0. The molecular formula is C31H32ClN5O6. The number of nitrogens with zero attached hydrogens (tertiary/aromatic N) is 3. The maximum absolute atomic E-state index is 12.5. The predicted molar refractivity (Wildman–Crippen MR) is 160 cm³/mol. The first kappa shape index (κ1) is 29.1. The molecular weight excluding hydrogens is 574 g/mol. The van der Waals surface area contributed by atoms with Gasteiger partial charge in [-0.25, -0.2) is 9.98 Å². The van der Waals surface area contributed by atoms with E-state index < -0.39 is 41.2 Å². The molecule has 0 aliphatic carbocycles. The summed E-state index contributed by atoms with van der Waals surface area (Å²) in [6, 6.07) is 24.2. The maximum atomic E-state index is 12.5. The number of alkyl halides is 1. The molecule has 3 heterocycles. The van der Waals surface area contributed by atoms with E-state index in [1.54, 1.807) is 14.2 Å². The average molecular weight is 606 g/mol. The van der Waals surface area contributed by atoms with Crippen molar-refractivity contribution in [1.82, 2.24) is 9.55 Å². The first-order valence-corrected chi connectivity index (χ1v) is 14.0. The molecule has 2 aliphatic rings. The summed E-state index contributed by atoms with van der Waals surface area (Å²) in [7, 11) is 3.16. The summed E-state index contributed by atoms with van der Waals surface area (Å²) in [5.41, 5.74) is 7.17. The monoisotopic (exact) mass is 605 g/mol. The maximum Gasteiger partial charge on any atom is 0.232 e. The number of aliphatic hydroxyl groups excluding tert-OH is 3. The summed E-state index contributed by atoms with van der Waals surface area (Å²) >= 11 is 6.33. The number of nitrogens with one attached hydrogen (secondary N) is 1. The molecule has 0 bridgehead atoms. The number of aliphatic imine (C=N–C) groups is 1. The van der Waals surface area contributed by atoms with Gasteiger partial charge < -0.3 is 34.8 Å². The Hall–Kier alpha value is -3.97. The second kappa shape index (κ2) is 11.3. The minimum atomic E-state index is -1.61.